The maximum Gasteiger partial charge on any atom is 0.280 e. The van der Waals surface area contributed by atoms with Gasteiger partial charge in [-0.15, -0.1) is 0 Å². The molecule has 1 aliphatic heterocycles. The van der Waals surface area contributed by atoms with Crippen LogP contribution in [0.15, 0.2) is 65.7 Å². The highest BCUT2D eigenvalue weighted by Crippen LogP contribution is 2.46. The number of anilines is 1. The number of halogens is 2. The molecular formula is C30H35F2N5O4. The van der Waals surface area contributed by atoms with Crippen molar-refractivity contribution in [2.45, 2.75) is 62.6 Å². The summed E-state index contributed by atoms with van der Waals surface area (Å²) in [5, 5.41) is 11.3. The average Bonchev–Trinajstić information content (AvgIpc) is 2.97. The third-order valence-electron chi connectivity index (χ3n) is 8.23. The summed E-state index contributed by atoms with van der Waals surface area (Å²) in [5.74, 6) is -3.69. The standard InChI is InChI=1S/C30H35F2N5O4/c31-30(32)10-9-23(24(16-30)21-6-2-1-3-7-21)27(38)36-13-11-29(40,12-14-36)18-37-19-35-26(25(34)28(37)39)41-22-8-4-5-20(15-22)17-33/h1-8,15,19,23-24,40H,9-14,16-18,33-34H2/t23-,24+/m1/s1. The molecule has 2 heterocycles. The maximum absolute atomic E-state index is 14.3. The minimum absolute atomic E-state index is 0.0427. The number of ether oxygens (including phenoxy) is 1. The van der Waals surface area contributed by atoms with Gasteiger partial charge in [0.05, 0.1) is 12.1 Å². The number of aromatic nitrogens is 2. The molecule has 1 aliphatic carbocycles. The lowest BCUT2D eigenvalue weighted by molar-refractivity contribution is -0.145. The SMILES string of the molecule is NCc1cccc(Oc2ncn(CC3(O)CCN(C(=O)[C@@H]4CCC(F)(F)C[C@H]4c4ccccc4)CC3)c(=O)c2N)c1. The molecular weight excluding hydrogens is 532 g/mol. The van der Waals surface area contributed by atoms with Crippen molar-refractivity contribution in [2.75, 3.05) is 18.8 Å². The summed E-state index contributed by atoms with van der Waals surface area (Å²) in [4.78, 5) is 32.4. The Kier molecular flexibility index (Phi) is 8.10. The van der Waals surface area contributed by atoms with Crippen molar-refractivity contribution < 1.29 is 23.4 Å². The first-order valence-electron chi connectivity index (χ1n) is 13.8. The lowest BCUT2D eigenvalue weighted by Crippen LogP contribution is -2.52. The molecule has 1 saturated carbocycles. The Balaban J connectivity index is 1.24. The van der Waals surface area contributed by atoms with Crippen molar-refractivity contribution in [1.29, 1.82) is 0 Å². The van der Waals surface area contributed by atoms with Crippen LogP contribution in [0.25, 0.3) is 0 Å². The van der Waals surface area contributed by atoms with Crippen molar-refractivity contribution in [1.82, 2.24) is 14.5 Å². The molecule has 2 atom stereocenters. The van der Waals surface area contributed by atoms with Gasteiger partial charge in [-0.25, -0.2) is 13.8 Å². The summed E-state index contributed by atoms with van der Waals surface area (Å²) in [7, 11) is 0. The highest BCUT2D eigenvalue weighted by atomic mass is 19.3. The van der Waals surface area contributed by atoms with Gasteiger partial charge in [-0.1, -0.05) is 42.5 Å². The van der Waals surface area contributed by atoms with Crippen LogP contribution in [0.2, 0.25) is 0 Å². The molecule has 5 N–H and O–H groups in total. The fourth-order valence-corrected chi connectivity index (χ4v) is 5.86. The Hall–Kier alpha value is -3.83. The van der Waals surface area contributed by atoms with Gasteiger partial charge in [-0.2, -0.15) is 0 Å². The van der Waals surface area contributed by atoms with E-state index < -0.39 is 28.9 Å². The van der Waals surface area contributed by atoms with E-state index in [-0.39, 0.29) is 69.2 Å². The zero-order valence-corrected chi connectivity index (χ0v) is 22.7. The second-order valence-corrected chi connectivity index (χ2v) is 11.1. The predicted molar refractivity (Wildman–Crippen MR) is 150 cm³/mol. The molecule has 3 aromatic rings. The number of carbonyl (C=O) groups excluding carboxylic acids is 1. The molecule has 1 aromatic heterocycles. The summed E-state index contributed by atoms with van der Waals surface area (Å²) < 4.78 is 35.6. The van der Waals surface area contributed by atoms with Gasteiger partial charge >= 0.3 is 0 Å². The number of nitrogens with two attached hydrogens (primary N) is 2. The van der Waals surface area contributed by atoms with Crippen LogP contribution in [0.4, 0.5) is 14.5 Å². The normalized spacial score (nSPS) is 21.8. The molecule has 11 heteroatoms. The number of piperidine rings is 1. The van der Waals surface area contributed by atoms with Crippen molar-refractivity contribution in [2.24, 2.45) is 11.7 Å². The van der Waals surface area contributed by atoms with Gasteiger partial charge in [0.1, 0.15) is 12.1 Å². The van der Waals surface area contributed by atoms with Crippen LogP contribution in [0.5, 0.6) is 11.6 Å². The number of likely N-dealkylation sites (tertiary alicyclic amines) is 1. The molecule has 0 unspecified atom stereocenters. The number of nitrogen functional groups attached to an aromatic ring is 1. The van der Waals surface area contributed by atoms with Gasteiger partial charge < -0.3 is 26.2 Å². The number of nitrogens with zero attached hydrogens (tertiary/aromatic N) is 3. The molecule has 41 heavy (non-hydrogen) atoms. The lowest BCUT2D eigenvalue weighted by atomic mass is 9.73. The number of carbonyl (C=O) groups is 1. The molecule has 2 aromatic carbocycles. The first kappa shape index (κ1) is 28.7. The average molecular weight is 568 g/mol. The van der Waals surface area contributed by atoms with Gasteiger partial charge in [-0.05, 0) is 42.5 Å². The second kappa shape index (κ2) is 11.6. The summed E-state index contributed by atoms with van der Waals surface area (Å²) in [6.07, 6.45) is 1.14. The van der Waals surface area contributed by atoms with Crippen LogP contribution in [0.3, 0.4) is 0 Å². The Morgan fingerprint density at radius 1 is 1.10 bits per heavy atom. The van der Waals surface area contributed by atoms with Gasteiger partial charge in [0.25, 0.3) is 5.56 Å². The molecule has 1 saturated heterocycles. The maximum atomic E-state index is 14.3. The number of hydrogen-bond donors (Lipinski definition) is 3. The van der Waals surface area contributed by atoms with Crippen LogP contribution in [0.1, 0.15) is 49.1 Å². The Morgan fingerprint density at radius 2 is 1.83 bits per heavy atom. The molecule has 1 amide bonds. The van der Waals surface area contributed by atoms with E-state index in [0.29, 0.717) is 12.3 Å². The first-order chi connectivity index (χ1) is 19.6. The Morgan fingerprint density at radius 3 is 2.54 bits per heavy atom. The summed E-state index contributed by atoms with van der Waals surface area (Å²) >= 11 is 0. The van der Waals surface area contributed by atoms with Crippen LogP contribution >= 0.6 is 0 Å². The smallest absolute Gasteiger partial charge is 0.280 e. The second-order valence-electron chi connectivity index (χ2n) is 11.1. The topological polar surface area (TPSA) is 137 Å². The third-order valence-corrected chi connectivity index (χ3v) is 8.23. The molecule has 0 radical (unpaired) electrons. The number of amides is 1. The number of aliphatic hydroxyl groups is 1. The predicted octanol–water partition coefficient (Wildman–Crippen LogP) is 3.65. The summed E-state index contributed by atoms with van der Waals surface area (Å²) in [6, 6.07) is 16.1. The van der Waals surface area contributed by atoms with E-state index in [4.69, 9.17) is 16.2 Å². The molecule has 9 nitrogen and oxygen atoms in total. The molecule has 5 rings (SSSR count). The quantitative estimate of drug-likeness (QED) is 0.396. The van der Waals surface area contributed by atoms with Crippen molar-refractivity contribution in [3.05, 3.63) is 82.4 Å². The van der Waals surface area contributed by atoms with E-state index in [1.54, 1.807) is 47.4 Å². The van der Waals surface area contributed by atoms with Crippen LogP contribution in [-0.2, 0) is 17.9 Å². The monoisotopic (exact) mass is 567 g/mol. The molecule has 2 aliphatic rings. The van der Waals surface area contributed by atoms with E-state index in [1.165, 1.54) is 10.9 Å². The minimum atomic E-state index is -2.81. The highest BCUT2D eigenvalue weighted by molar-refractivity contribution is 5.80. The molecule has 0 bridgehead atoms. The van der Waals surface area contributed by atoms with Gasteiger partial charge in [0.15, 0.2) is 5.69 Å². The van der Waals surface area contributed by atoms with Crippen LogP contribution < -0.4 is 21.8 Å². The van der Waals surface area contributed by atoms with Crippen molar-refractivity contribution in [3.63, 3.8) is 0 Å². The van der Waals surface area contributed by atoms with Crippen LogP contribution in [0, 0.1) is 5.92 Å². The van der Waals surface area contributed by atoms with Gasteiger partial charge in [0, 0.05) is 44.3 Å². The van der Waals surface area contributed by atoms with Crippen molar-refractivity contribution in [3.8, 4) is 11.6 Å². The van der Waals surface area contributed by atoms with Crippen molar-refractivity contribution >= 4 is 11.6 Å². The number of rotatable bonds is 7. The Bertz CT molecular complexity index is 1440. The fourth-order valence-electron chi connectivity index (χ4n) is 5.86. The third kappa shape index (κ3) is 6.41. The zero-order chi connectivity index (χ0) is 29.2. The molecule has 218 valence electrons. The number of alkyl halides is 2. The van der Waals surface area contributed by atoms with Gasteiger partial charge in [0.2, 0.25) is 17.7 Å². The highest BCUT2D eigenvalue weighted by Gasteiger charge is 2.46. The largest absolute Gasteiger partial charge is 0.437 e. The molecule has 0 spiro atoms. The number of hydrogen-bond acceptors (Lipinski definition) is 7. The van der Waals surface area contributed by atoms with E-state index in [1.807, 2.05) is 12.1 Å². The summed E-state index contributed by atoms with van der Waals surface area (Å²) in [6.45, 7) is 0.768. The first-order valence-corrected chi connectivity index (χ1v) is 13.8. The zero-order valence-electron chi connectivity index (χ0n) is 22.7. The van der Waals surface area contributed by atoms with E-state index >= 15 is 0 Å². The fraction of sp³-hybridized carbons (Fsp3) is 0.433. The molecule has 2 fully saturated rings. The minimum Gasteiger partial charge on any atom is -0.437 e. The number of benzene rings is 2. The van der Waals surface area contributed by atoms with E-state index in [0.717, 1.165) is 11.1 Å². The lowest BCUT2D eigenvalue weighted by Gasteiger charge is -2.42. The van der Waals surface area contributed by atoms with E-state index in [9.17, 15) is 23.5 Å². The van der Waals surface area contributed by atoms with E-state index in [2.05, 4.69) is 4.98 Å². The van der Waals surface area contributed by atoms with Gasteiger partial charge in [-0.3, -0.25) is 14.2 Å². The van der Waals surface area contributed by atoms with Crippen LogP contribution in [-0.4, -0.2) is 50.1 Å². The summed E-state index contributed by atoms with van der Waals surface area (Å²) in [5.41, 5.74) is 11.3. The Labute approximate surface area is 236 Å².